The van der Waals surface area contributed by atoms with E-state index in [-0.39, 0.29) is 23.9 Å². The number of ether oxygens (including phenoxy) is 2. The second-order valence-corrected chi connectivity index (χ2v) is 10.6. The number of nitrogens with one attached hydrogen (secondary N) is 3. The summed E-state index contributed by atoms with van der Waals surface area (Å²) in [6, 6.07) is 11.4. The van der Waals surface area contributed by atoms with Crippen LogP contribution in [-0.2, 0) is 11.3 Å². The molecular formula is C29H31FN6O4S. The average molecular weight is 579 g/mol. The largest absolute Gasteiger partial charge is 0.453 e. The zero-order chi connectivity index (χ0) is 28.8. The maximum Gasteiger partial charge on any atom is 0.319 e. The molecule has 3 aromatic heterocycles. The minimum absolute atomic E-state index is 0.0354. The monoisotopic (exact) mass is 578 g/mol. The Morgan fingerprint density at radius 3 is 2.68 bits per heavy atom. The van der Waals surface area contributed by atoms with Gasteiger partial charge in [0, 0.05) is 63.0 Å². The number of hydrogen-bond acceptors (Lipinski definition) is 7. The molecule has 0 radical (unpaired) electrons. The summed E-state index contributed by atoms with van der Waals surface area (Å²) < 4.78 is 26.7. The van der Waals surface area contributed by atoms with Crippen LogP contribution in [0.5, 0.6) is 11.5 Å². The molecule has 0 atom stereocenters. The number of carbonyl (C=O) groups is 2. The summed E-state index contributed by atoms with van der Waals surface area (Å²) in [5.74, 6) is -0.0988. The van der Waals surface area contributed by atoms with Gasteiger partial charge in [0.15, 0.2) is 11.6 Å². The lowest BCUT2D eigenvalue weighted by Gasteiger charge is -2.22. The second-order valence-electron chi connectivity index (χ2n) is 9.56. The molecule has 10 nitrogen and oxygen atoms in total. The van der Waals surface area contributed by atoms with Crippen LogP contribution < -0.4 is 20.7 Å². The van der Waals surface area contributed by atoms with Gasteiger partial charge in [-0.2, -0.15) is 0 Å². The zero-order valence-electron chi connectivity index (χ0n) is 22.8. The van der Waals surface area contributed by atoms with Gasteiger partial charge >= 0.3 is 12.1 Å². The Bertz CT molecular complexity index is 1530. The van der Waals surface area contributed by atoms with Crippen molar-refractivity contribution in [3.63, 3.8) is 0 Å². The van der Waals surface area contributed by atoms with E-state index in [1.165, 1.54) is 23.5 Å². The highest BCUT2D eigenvalue weighted by molar-refractivity contribution is 7.22. The Balaban J connectivity index is 1.29. The molecule has 0 spiro atoms. The third kappa shape index (κ3) is 7.27. The van der Waals surface area contributed by atoms with E-state index in [4.69, 9.17) is 9.47 Å². The smallest absolute Gasteiger partial charge is 0.319 e. The molecule has 0 unspecified atom stereocenters. The summed E-state index contributed by atoms with van der Waals surface area (Å²) >= 11 is 1.44. The summed E-state index contributed by atoms with van der Waals surface area (Å²) in [7, 11) is 1.60. The number of fused-ring (bicyclic) bond motifs is 1. The van der Waals surface area contributed by atoms with Crippen molar-refractivity contribution in [2.45, 2.75) is 32.4 Å². The number of thiophene rings is 1. The molecule has 4 aromatic rings. The molecule has 1 aliphatic carbocycles. The first kappa shape index (κ1) is 28.2. The van der Waals surface area contributed by atoms with Crippen molar-refractivity contribution in [3.8, 4) is 22.1 Å². The number of carbonyl (C=O) groups excluding carboxylic acids is 2. The first-order chi connectivity index (χ1) is 19.9. The Hall–Kier alpha value is -4.29. The molecule has 4 amide bonds. The molecule has 1 aromatic carbocycles. The van der Waals surface area contributed by atoms with Crippen LogP contribution in [0.1, 0.15) is 25.3 Å². The Labute approximate surface area is 240 Å². The number of amides is 4. The average Bonchev–Trinajstić information content (AvgIpc) is 3.66. The number of anilines is 1. The molecule has 3 heterocycles. The normalized spacial score (nSPS) is 12.7. The second kappa shape index (κ2) is 12.9. The summed E-state index contributed by atoms with van der Waals surface area (Å²) in [5, 5.41) is 8.27. The van der Waals surface area contributed by atoms with Crippen molar-refractivity contribution in [2.24, 2.45) is 0 Å². The number of benzene rings is 1. The van der Waals surface area contributed by atoms with E-state index in [2.05, 4.69) is 25.9 Å². The number of aromatic nitrogens is 2. The Kier molecular flexibility index (Phi) is 8.90. The van der Waals surface area contributed by atoms with Crippen molar-refractivity contribution in [1.29, 1.82) is 0 Å². The van der Waals surface area contributed by atoms with Gasteiger partial charge in [0.2, 0.25) is 0 Å². The molecule has 41 heavy (non-hydrogen) atoms. The Morgan fingerprint density at radius 1 is 1.12 bits per heavy atom. The summed E-state index contributed by atoms with van der Waals surface area (Å²) in [6.45, 7) is 3.72. The lowest BCUT2D eigenvalue weighted by Crippen LogP contribution is -2.41. The number of halogens is 1. The molecule has 3 N–H and O–H groups in total. The van der Waals surface area contributed by atoms with Gasteiger partial charge in [0.05, 0.1) is 27.4 Å². The van der Waals surface area contributed by atoms with Gasteiger partial charge in [-0.1, -0.05) is 6.07 Å². The molecule has 0 bridgehead atoms. The number of nitrogens with zero attached hydrogens (tertiary/aromatic N) is 3. The molecule has 0 aliphatic heterocycles. The van der Waals surface area contributed by atoms with E-state index in [9.17, 15) is 14.0 Å². The number of hydrogen-bond donors (Lipinski definition) is 3. The molecule has 12 heteroatoms. The van der Waals surface area contributed by atoms with Crippen LogP contribution in [0.4, 0.5) is 19.7 Å². The van der Waals surface area contributed by atoms with Gasteiger partial charge in [0.25, 0.3) is 0 Å². The van der Waals surface area contributed by atoms with E-state index >= 15 is 0 Å². The summed E-state index contributed by atoms with van der Waals surface area (Å²) in [6.07, 6.45) is 5.29. The highest BCUT2D eigenvalue weighted by Crippen LogP contribution is 2.39. The highest BCUT2D eigenvalue weighted by atomic mass is 32.1. The SMILES string of the molecule is CCNC(=O)N(CCOC)Cc1ccc(-c2cc3nccc(Oc4ccc(NC(=O)NC5CC5)cc4F)c3s2)nc1. The molecular weight excluding hydrogens is 547 g/mol. The van der Waals surface area contributed by atoms with Crippen LogP contribution in [-0.4, -0.2) is 59.8 Å². The molecule has 0 saturated heterocycles. The molecule has 1 saturated carbocycles. The predicted octanol–water partition coefficient (Wildman–Crippen LogP) is 5.75. The minimum Gasteiger partial charge on any atom is -0.453 e. The third-order valence-corrected chi connectivity index (χ3v) is 7.49. The standard InChI is InChI=1S/C29H31FN6O4S/c1-3-31-29(38)36(12-13-39-2)17-18-4-8-22(33-16-18)26-15-23-27(41-26)25(10-11-32-23)40-24-9-7-20(14-21(24)30)35-28(37)34-19-5-6-19/h4,7-11,14-16,19H,3,5-6,12-13,17H2,1-2H3,(H,31,38)(H2,34,35,37). The van der Waals surface area contributed by atoms with Crippen molar-refractivity contribution < 1.29 is 23.5 Å². The highest BCUT2D eigenvalue weighted by Gasteiger charge is 2.23. The quantitative estimate of drug-likeness (QED) is 0.209. The van der Waals surface area contributed by atoms with Crippen molar-refractivity contribution in [1.82, 2.24) is 25.5 Å². The summed E-state index contributed by atoms with van der Waals surface area (Å²) in [4.78, 5) is 36.0. The predicted molar refractivity (Wildman–Crippen MR) is 156 cm³/mol. The van der Waals surface area contributed by atoms with Crippen LogP contribution in [0.25, 0.3) is 20.8 Å². The maximum absolute atomic E-state index is 14.9. The van der Waals surface area contributed by atoms with E-state index < -0.39 is 5.82 Å². The first-order valence-corrected chi connectivity index (χ1v) is 14.2. The van der Waals surface area contributed by atoms with Gasteiger partial charge in [-0.25, -0.2) is 14.0 Å². The number of pyridine rings is 2. The van der Waals surface area contributed by atoms with Crippen LogP contribution >= 0.6 is 11.3 Å². The van der Waals surface area contributed by atoms with E-state index in [1.807, 2.05) is 25.1 Å². The fraction of sp³-hybridized carbons (Fsp3) is 0.310. The maximum atomic E-state index is 14.9. The number of urea groups is 2. The van der Waals surface area contributed by atoms with Gasteiger partial charge in [-0.3, -0.25) is 9.97 Å². The lowest BCUT2D eigenvalue weighted by molar-refractivity contribution is 0.146. The lowest BCUT2D eigenvalue weighted by atomic mass is 10.2. The number of rotatable bonds is 11. The van der Waals surface area contributed by atoms with Crippen LogP contribution in [0.15, 0.2) is 54.9 Å². The minimum atomic E-state index is -0.597. The number of methoxy groups -OCH3 is 1. The molecule has 1 aliphatic rings. The van der Waals surface area contributed by atoms with E-state index in [1.54, 1.807) is 36.5 Å². The van der Waals surface area contributed by atoms with E-state index in [0.29, 0.717) is 43.2 Å². The molecule has 1 fully saturated rings. The summed E-state index contributed by atoms with van der Waals surface area (Å²) in [5.41, 5.74) is 2.67. The van der Waals surface area contributed by atoms with Crippen LogP contribution in [0, 0.1) is 5.82 Å². The topological polar surface area (TPSA) is 118 Å². The van der Waals surface area contributed by atoms with Gasteiger partial charge in [-0.15, -0.1) is 11.3 Å². The van der Waals surface area contributed by atoms with Crippen LogP contribution in [0.2, 0.25) is 0 Å². The van der Waals surface area contributed by atoms with Crippen molar-refractivity contribution in [2.75, 3.05) is 32.1 Å². The van der Waals surface area contributed by atoms with Gasteiger partial charge in [0.1, 0.15) is 5.75 Å². The van der Waals surface area contributed by atoms with Crippen molar-refractivity contribution >= 4 is 39.3 Å². The fourth-order valence-corrected chi connectivity index (χ4v) is 5.12. The molecule has 214 valence electrons. The molecule has 5 rings (SSSR count). The Morgan fingerprint density at radius 2 is 1.98 bits per heavy atom. The van der Waals surface area contributed by atoms with E-state index in [0.717, 1.165) is 33.7 Å². The first-order valence-electron chi connectivity index (χ1n) is 13.3. The van der Waals surface area contributed by atoms with Crippen LogP contribution in [0.3, 0.4) is 0 Å². The van der Waals surface area contributed by atoms with Crippen molar-refractivity contribution in [3.05, 3.63) is 66.2 Å². The zero-order valence-corrected chi connectivity index (χ0v) is 23.6. The van der Waals surface area contributed by atoms with Gasteiger partial charge in [-0.05, 0) is 49.6 Å². The van der Waals surface area contributed by atoms with Gasteiger partial charge < -0.3 is 30.3 Å². The fourth-order valence-electron chi connectivity index (χ4n) is 4.08. The third-order valence-electron chi connectivity index (χ3n) is 6.33.